The van der Waals surface area contributed by atoms with Crippen molar-refractivity contribution >= 4 is 0 Å². The summed E-state index contributed by atoms with van der Waals surface area (Å²) in [5.41, 5.74) is 2.25. The Morgan fingerprint density at radius 2 is 0.769 bits per heavy atom. The molecule has 3 aromatic carbocycles. The molecule has 9 heteroatoms. The number of methoxy groups -OCH3 is 3. The maximum atomic E-state index is 5.85. The Balaban J connectivity index is 1.91. The first kappa shape index (κ1) is 27.5. The molecule has 4 aromatic rings. The SMILES string of the molecule is CCOc1cc(-c2nc(-c3ccc(OC)c(OC)c3)nc(-c3ccc(OCC)c(OCC)c3)n2)ccc1OC. The standard InChI is InChI=1S/C30H33N3O6/c1-7-37-24-15-12-21(18-27(24)39-9-3)30-32-28(19-10-13-22(34-4)25(16-19)36-6)31-29(33-30)20-11-14-23(35-5)26(17-20)38-8-2/h10-18H,7-9H2,1-6H3. The van der Waals surface area contributed by atoms with Crippen molar-refractivity contribution in [1.82, 2.24) is 15.0 Å². The van der Waals surface area contributed by atoms with Gasteiger partial charge in [-0.15, -0.1) is 0 Å². The molecule has 0 aliphatic rings. The van der Waals surface area contributed by atoms with Gasteiger partial charge in [0.05, 0.1) is 41.2 Å². The fourth-order valence-corrected chi connectivity index (χ4v) is 4.01. The molecule has 204 valence electrons. The van der Waals surface area contributed by atoms with E-state index in [2.05, 4.69) is 0 Å². The minimum atomic E-state index is 0.469. The average Bonchev–Trinajstić information content (AvgIpc) is 2.97. The first-order valence-corrected chi connectivity index (χ1v) is 12.7. The molecule has 0 spiro atoms. The number of rotatable bonds is 12. The molecular weight excluding hydrogens is 498 g/mol. The third kappa shape index (κ3) is 6.14. The highest BCUT2D eigenvalue weighted by molar-refractivity contribution is 5.70. The number of benzene rings is 3. The maximum Gasteiger partial charge on any atom is 0.164 e. The molecule has 0 saturated carbocycles. The van der Waals surface area contributed by atoms with Crippen molar-refractivity contribution < 1.29 is 28.4 Å². The van der Waals surface area contributed by atoms with Gasteiger partial charge in [0.25, 0.3) is 0 Å². The fraction of sp³-hybridized carbons (Fsp3) is 0.300. The smallest absolute Gasteiger partial charge is 0.164 e. The van der Waals surface area contributed by atoms with E-state index in [-0.39, 0.29) is 0 Å². The minimum absolute atomic E-state index is 0.469. The lowest BCUT2D eigenvalue weighted by Crippen LogP contribution is -2.03. The number of hydrogen-bond acceptors (Lipinski definition) is 9. The van der Waals surface area contributed by atoms with E-state index in [0.29, 0.717) is 71.8 Å². The van der Waals surface area contributed by atoms with Crippen LogP contribution in [0.15, 0.2) is 54.6 Å². The van der Waals surface area contributed by atoms with Crippen molar-refractivity contribution in [3.05, 3.63) is 54.6 Å². The van der Waals surface area contributed by atoms with E-state index in [1.54, 1.807) is 21.3 Å². The lowest BCUT2D eigenvalue weighted by Gasteiger charge is -2.14. The van der Waals surface area contributed by atoms with Gasteiger partial charge < -0.3 is 28.4 Å². The minimum Gasteiger partial charge on any atom is -0.493 e. The normalized spacial score (nSPS) is 10.6. The van der Waals surface area contributed by atoms with Crippen LogP contribution in [0.1, 0.15) is 20.8 Å². The van der Waals surface area contributed by atoms with Crippen molar-refractivity contribution in [2.75, 3.05) is 41.2 Å². The van der Waals surface area contributed by atoms with Crippen LogP contribution in [0.25, 0.3) is 34.2 Å². The van der Waals surface area contributed by atoms with E-state index in [9.17, 15) is 0 Å². The summed E-state index contributed by atoms with van der Waals surface area (Å²) in [6, 6.07) is 16.8. The zero-order valence-corrected chi connectivity index (χ0v) is 23.1. The molecule has 0 aliphatic carbocycles. The van der Waals surface area contributed by atoms with Crippen LogP contribution in [-0.4, -0.2) is 56.1 Å². The number of nitrogens with zero attached hydrogens (tertiary/aromatic N) is 3. The first-order chi connectivity index (χ1) is 19.0. The number of aromatic nitrogens is 3. The molecule has 0 atom stereocenters. The Hall–Kier alpha value is -4.53. The largest absolute Gasteiger partial charge is 0.493 e. The molecular formula is C30H33N3O6. The molecule has 39 heavy (non-hydrogen) atoms. The van der Waals surface area contributed by atoms with Gasteiger partial charge in [-0.2, -0.15) is 0 Å². The Kier molecular flexibility index (Phi) is 9.04. The summed E-state index contributed by atoms with van der Waals surface area (Å²) in [4.78, 5) is 14.5. The molecule has 0 radical (unpaired) electrons. The summed E-state index contributed by atoms with van der Waals surface area (Å²) in [6.45, 7) is 7.30. The second-order valence-electron chi connectivity index (χ2n) is 8.20. The van der Waals surface area contributed by atoms with E-state index >= 15 is 0 Å². The highest BCUT2D eigenvalue weighted by Crippen LogP contribution is 2.36. The van der Waals surface area contributed by atoms with Gasteiger partial charge in [-0.3, -0.25) is 0 Å². The van der Waals surface area contributed by atoms with E-state index in [4.69, 9.17) is 43.4 Å². The summed E-state index contributed by atoms with van der Waals surface area (Å²) < 4.78 is 33.8. The quantitative estimate of drug-likeness (QED) is 0.215. The Morgan fingerprint density at radius 3 is 1.18 bits per heavy atom. The monoisotopic (exact) mass is 531 g/mol. The molecule has 0 aliphatic heterocycles. The lowest BCUT2D eigenvalue weighted by molar-refractivity contribution is 0.288. The van der Waals surface area contributed by atoms with E-state index < -0.39 is 0 Å². The van der Waals surface area contributed by atoms with Gasteiger partial charge in [0.1, 0.15) is 0 Å². The Morgan fingerprint density at radius 1 is 0.436 bits per heavy atom. The molecule has 0 unspecified atom stereocenters. The van der Waals surface area contributed by atoms with Gasteiger partial charge in [0, 0.05) is 16.7 Å². The van der Waals surface area contributed by atoms with Crippen LogP contribution in [0.3, 0.4) is 0 Å². The molecule has 0 N–H and O–H groups in total. The number of hydrogen-bond donors (Lipinski definition) is 0. The van der Waals surface area contributed by atoms with Crippen molar-refractivity contribution in [1.29, 1.82) is 0 Å². The molecule has 1 heterocycles. The van der Waals surface area contributed by atoms with Gasteiger partial charge in [-0.25, -0.2) is 15.0 Å². The Labute approximate surface area is 228 Å². The van der Waals surface area contributed by atoms with Crippen molar-refractivity contribution in [2.24, 2.45) is 0 Å². The maximum absolute atomic E-state index is 5.85. The predicted molar refractivity (Wildman–Crippen MR) is 149 cm³/mol. The molecule has 0 amide bonds. The van der Waals surface area contributed by atoms with Crippen LogP contribution in [0.2, 0.25) is 0 Å². The van der Waals surface area contributed by atoms with Crippen LogP contribution in [0.4, 0.5) is 0 Å². The number of ether oxygens (including phenoxy) is 6. The first-order valence-electron chi connectivity index (χ1n) is 12.7. The van der Waals surface area contributed by atoms with Crippen molar-refractivity contribution in [3.63, 3.8) is 0 Å². The molecule has 4 rings (SSSR count). The molecule has 0 bridgehead atoms. The third-order valence-corrected chi connectivity index (χ3v) is 5.80. The molecule has 0 saturated heterocycles. The van der Waals surface area contributed by atoms with Gasteiger partial charge in [0.2, 0.25) is 0 Å². The van der Waals surface area contributed by atoms with E-state index in [1.807, 2.05) is 75.4 Å². The van der Waals surface area contributed by atoms with Crippen LogP contribution in [0.5, 0.6) is 34.5 Å². The third-order valence-electron chi connectivity index (χ3n) is 5.80. The highest BCUT2D eigenvalue weighted by Gasteiger charge is 2.17. The fourth-order valence-electron chi connectivity index (χ4n) is 4.01. The van der Waals surface area contributed by atoms with E-state index in [0.717, 1.165) is 16.7 Å². The molecule has 9 nitrogen and oxygen atoms in total. The second-order valence-corrected chi connectivity index (χ2v) is 8.20. The summed E-state index contributed by atoms with van der Waals surface area (Å²) >= 11 is 0. The van der Waals surface area contributed by atoms with Crippen LogP contribution >= 0.6 is 0 Å². The molecule has 1 aromatic heterocycles. The van der Waals surface area contributed by atoms with Gasteiger partial charge in [-0.05, 0) is 75.4 Å². The van der Waals surface area contributed by atoms with Gasteiger partial charge in [0.15, 0.2) is 52.0 Å². The highest BCUT2D eigenvalue weighted by atomic mass is 16.5. The Bertz CT molecular complexity index is 1430. The van der Waals surface area contributed by atoms with Crippen LogP contribution < -0.4 is 28.4 Å². The van der Waals surface area contributed by atoms with Crippen LogP contribution in [0, 0.1) is 0 Å². The summed E-state index contributed by atoms with van der Waals surface area (Å²) in [7, 11) is 4.79. The average molecular weight is 532 g/mol. The lowest BCUT2D eigenvalue weighted by atomic mass is 10.1. The van der Waals surface area contributed by atoms with Crippen molar-refractivity contribution in [2.45, 2.75) is 20.8 Å². The zero-order valence-electron chi connectivity index (χ0n) is 23.1. The van der Waals surface area contributed by atoms with Crippen molar-refractivity contribution in [3.8, 4) is 68.7 Å². The summed E-state index contributed by atoms with van der Waals surface area (Å²) in [5.74, 6) is 5.11. The predicted octanol–water partition coefficient (Wildman–Crippen LogP) is 6.09. The zero-order chi connectivity index (χ0) is 27.8. The van der Waals surface area contributed by atoms with Gasteiger partial charge in [-0.1, -0.05) is 0 Å². The summed E-state index contributed by atoms with van der Waals surface area (Å²) in [5, 5.41) is 0. The molecule has 0 fully saturated rings. The van der Waals surface area contributed by atoms with Crippen LogP contribution in [-0.2, 0) is 0 Å². The van der Waals surface area contributed by atoms with E-state index in [1.165, 1.54) is 0 Å². The second kappa shape index (κ2) is 12.8. The van der Waals surface area contributed by atoms with Gasteiger partial charge >= 0.3 is 0 Å². The summed E-state index contributed by atoms with van der Waals surface area (Å²) in [6.07, 6.45) is 0. The topological polar surface area (TPSA) is 94.1 Å².